The van der Waals surface area contributed by atoms with Crippen molar-refractivity contribution in [2.45, 2.75) is 11.8 Å². The highest BCUT2D eigenvalue weighted by molar-refractivity contribution is 7.94. The molecule has 8 heteroatoms. The monoisotopic (exact) mass is 340 g/mol. The van der Waals surface area contributed by atoms with Crippen molar-refractivity contribution in [1.82, 2.24) is 4.98 Å². The van der Waals surface area contributed by atoms with Gasteiger partial charge in [-0.3, -0.25) is 4.98 Å². The van der Waals surface area contributed by atoms with Gasteiger partial charge in [-0.2, -0.15) is 12.2 Å². The third-order valence-electron chi connectivity index (χ3n) is 2.97. The summed E-state index contributed by atoms with van der Waals surface area (Å²) in [5.41, 5.74) is 0.970. The third kappa shape index (κ3) is 3.05. The average molecular weight is 341 g/mol. The number of benzene rings is 1. The molecule has 0 aliphatic rings. The molecule has 1 heterocycles. The molecule has 2 aromatic rings. The van der Waals surface area contributed by atoms with Crippen LogP contribution in [0.15, 0.2) is 47.6 Å². The van der Waals surface area contributed by atoms with Crippen LogP contribution >= 0.6 is 11.8 Å². The molecule has 2 rings (SSSR count). The summed E-state index contributed by atoms with van der Waals surface area (Å²) in [7, 11) is -2.79. The first-order valence-electron chi connectivity index (χ1n) is 6.18. The Morgan fingerprint density at radius 2 is 2.05 bits per heavy atom. The lowest BCUT2D eigenvalue weighted by Crippen LogP contribution is -2.22. The van der Waals surface area contributed by atoms with Crippen molar-refractivity contribution in [3.05, 3.63) is 53.9 Å². The lowest BCUT2D eigenvalue weighted by atomic mass is 10.1. The van der Waals surface area contributed by atoms with E-state index < -0.39 is 16.0 Å². The molecule has 0 spiro atoms. The fourth-order valence-electron chi connectivity index (χ4n) is 1.78. The number of nitrogens with zero attached hydrogens (tertiary/aromatic N) is 2. The summed E-state index contributed by atoms with van der Waals surface area (Å²) in [6.45, 7) is 1.68. The van der Waals surface area contributed by atoms with E-state index in [0.29, 0.717) is 9.39 Å². The number of carbonyl (C=O) groups excluding carboxylic acids is 1. The van der Waals surface area contributed by atoms with E-state index in [4.69, 9.17) is 11.8 Å². The maximum atomic E-state index is 12.5. The number of pyridine rings is 1. The number of aromatic nitrogens is 1. The van der Waals surface area contributed by atoms with E-state index in [-0.39, 0.29) is 16.1 Å². The molecular formula is C14H13ClN2O4S. The van der Waals surface area contributed by atoms with Crippen molar-refractivity contribution in [3.63, 3.8) is 0 Å². The van der Waals surface area contributed by atoms with Gasteiger partial charge in [-0.1, -0.05) is 6.07 Å². The van der Waals surface area contributed by atoms with Crippen LogP contribution in [0, 0.1) is 6.92 Å². The van der Waals surface area contributed by atoms with Gasteiger partial charge in [0.1, 0.15) is 0 Å². The van der Waals surface area contributed by atoms with Gasteiger partial charge in [0.25, 0.3) is 10.0 Å². The molecule has 6 nitrogen and oxygen atoms in total. The van der Waals surface area contributed by atoms with E-state index in [1.54, 1.807) is 13.0 Å². The van der Waals surface area contributed by atoms with E-state index in [2.05, 4.69) is 9.72 Å². The first-order chi connectivity index (χ1) is 10.4. The molecule has 0 saturated carbocycles. The molecule has 1 aromatic carbocycles. The van der Waals surface area contributed by atoms with Gasteiger partial charge in [-0.15, -0.1) is 0 Å². The van der Waals surface area contributed by atoms with E-state index in [0.717, 1.165) is 0 Å². The van der Waals surface area contributed by atoms with Gasteiger partial charge in [0.2, 0.25) is 0 Å². The molecule has 0 aliphatic heterocycles. The lowest BCUT2D eigenvalue weighted by Gasteiger charge is -2.16. The number of anilines is 1. The Hall–Kier alpha value is -2.12. The maximum Gasteiger partial charge on any atom is 0.338 e. The number of rotatable bonds is 4. The summed E-state index contributed by atoms with van der Waals surface area (Å²) in [6, 6.07) is 7.21. The zero-order chi connectivity index (χ0) is 16.3. The Kier molecular flexibility index (Phi) is 4.68. The summed E-state index contributed by atoms with van der Waals surface area (Å²) in [4.78, 5) is 15.4. The van der Waals surface area contributed by atoms with E-state index in [1.165, 1.54) is 43.8 Å². The highest BCUT2D eigenvalue weighted by Crippen LogP contribution is 2.26. The van der Waals surface area contributed by atoms with Gasteiger partial charge in [0.15, 0.2) is 0 Å². The summed E-state index contributed by atoms with van der Waals surface area (Å²) in [6.07, 6.45) is 2.82. The minimum Gasteiger partial charge on any atom is -0.465 e. The molecule has 0 N–H and O–H groups in total. The molecule has 0 atom stereocenters. The highest BCUT2D eigenvalue weighted by Gasteiger charge is 2.25. The van der Waals surface area contributed by atoms with Crippen LogP contribution in [0.25, 0.3) is 0 Å². The number of ether oxygens (including phenoxy) is 1. The standard InChI is InChI=1S/C14H13ClN2O4S/c1-10-5-6-12(8-13(10)14(18)21-2)22(19,20)17(15)11-4-3-7-16-9-11/h3-9H,1-2H3. The molecule has 0 radical (unpaired) electrons. The van der Waals surface area contributed by atoms with Gasteiger partial charge >= 0.3 is 5.97 Å². The number of sulfonamides is 1. The minimum absolute atomic E-state index is 0.114. The molecule has 0 saturated heterocycles. The quantitative estimate of drug-likeness (QED) is 0.631. The molecule has 0 amide bonds. The van der Waals surface area contributed by atoms with Crippen molar-refractivity contribution in [1.29, 1.82) is 0 Å². The summed E-state index contributed by atoms with van der Waals surface area (Å²) >= 11 is 5.93. The summed E-state index contributed by atoms with van der Waals surface area (Å²) in [5.74, 6) is -0.614. The zero-order valence-electron chi connectivity index (χ0n) is 11.9. The molecule has 0 bridgehead atoms. The van der Waals surface area contributed by atoms with E-state index in [9.17, 15) is 13.2 Å². The molecular weight excluding hydrogens is 328 g/mol. The average Bonchev–Trinajstić information content (AvgIpc) is 2.54. The second kappa shape index (κ2) is 6.33. The van der Waals surface area contributed by atoms with Gasteiger partial charge in [-0.05, 0) is 36.8 Å². The Bertz CT molecular complexity index is 794. The fourth-order valence-corrected chi connectivity index (χ4v) is 3.20. The number of esters is 1. The normalized spacial score (nSPS) is 11.0. The first kappa shape index (κ1) is 16.3. The van der Waals surface area contributed by atoms with Crippen LogP contribution < -0.4 is 3.82 Å². The summed E-state index contributed by atoms with van der Waals surface area (Å²) in [5, 5.41) is 0. The second-order valence-corrected chi connectivity index (χ2v) is 6.72. The molecule has 0 fully saturated rings. The molecule has 22 heavy (non-hydrogen) atoms. The smallest absolute Gasteiger partial charge is 0.338 e. The number of aryl methyl sites for hydroxylation is 1. The Morgan fingerprint density at radius 1 is 1.32 bits per heavy atom. The topological polar surface area (TPSA) is 76.6 Å². The zero-order valence-corrected chi connectivity index (χ0v) is 13.4. The van der Waals surface area contributed by atoms with Gasteiger partial charge < -0.3 is 4.74 Å². The Labute approximate surface area is 133 Å². The van der Waals surface area contributed by atoms with Gasteiger partial charge in [0, 0.05) is 18.0 Å². The number of carbonyl (C=O) groups is 1. The molecule has 0 unspecified atom stereocenters. The predicted octanol–water partition coefficient (Wildman–Crippen LogP) is 2.53. The van der Waals surface area contributed by atoms with Crippen molar-refractivity contribution in [3.8, 4) is 0 Å². The number of methoxy groups -OCH3 is 1. The fraction of sp³-hybridized carbons (Fsp3) is 0.143. The van der Waals surface area contributed by atoms with Crippen LogP contribution in [0.1, 0.15) is 15.9 Å². The number of halogens is 1. The molecule has 1 aromatic heterocycles. The Morgan fingerprint density at radius 3 is 2.64 bits per heavy atom. The molecule has 116 valence electrons. The minimum atomic E-state index is -4.02. The van der Waals surface area contributed by atoms with Crippen molar-refractivity contribution in [2.24, 2.45) is 0 Å². The van der Waals surface area contributed by atoms with Crippen LogP contribution in [0.4, 0.5) is 5.69 Å². The third-order valence-corrected chi connectivity index (χ3v) is 5.19. The predicted molar refractivity (Wildman–Crippen MR) is 82.3 cm³/mol. The summed E-state index contributed by atoms with van der Waals surface area (Å²) < 4.78 is 30.3. The van der Waals surface area contributed by atoms with Crippen LogP contribution in [0.5, 0.6) is 0 Å². The van der Waals surface area contributed by atoms with Crippen LogP contribution in [0.3, 0.4) is 0 Å². The largest absolute Gasteiger partial charge is 0.465 e. The van der Waals surface area contributed by atoms with Gasteiger partial charge in [0.05, 0.1) is 29.5 Å². The first-order valence-corrected chi connectivity index (χ1v) is 7.96. The maximum absolute atomic E-state index is 12.5. The van der Waals surface area contributed by atoms with Crippen LogP contribution in [-0.4, -0.2) is 26.5 Å². The number of hydrogen-bond acceptors (Lipinski definition) is 5. The highest BCUT2D eigenvalue weighted by atomic mass is 35.5. The van der Waals surface area contributed by atoms with E-state index in [1.807, 2.05) is 0 Å². The van der Waals surface area contributed by atoms with Crippen molar-refractivity contribution in [2.75, 3.05) is 10.9 Å². The lowest BCUT2D eigenvalue weighted by molar-refractivity contribution is 0.0599. The van der Waals surface area contributed by atoms with E-state index >= 15 is 0 Å². The van der Waals surface area contributed by atoms with Crippen molar-refractivity contribution >= 4 is 33.5 Å². The van der Waals surface area contributed by atoms with Crippen molar-refractivity contribution < 1.29 is 17.9 Å². The number of hydrogen-bond donors (Lipinski definition) is 0. The Balaban J connectivity index is 2.48. The van der Waals surface area contributed by atoms with Crippen LogP contribution in [-0.2, 0) is 14.8 Å². The van der Waals surface area contributed by atoms with Gasteiger partial charge in [-0.25, -0.2) is 4.79 Å². The second-order valence-electron chi connectivity index (χ2n) is 4.40. The van der Waals surface area contributed by atoms with Crippen LogP contribution in [0.2, 0.25) is 0 Å². The molecule has 0 aliphatic carbocycles. The SMILES string of the molecule is COC(=O)c1cc(S(=O)(=O)N(Cl)c2cccnc2)ccc1C.